The monoisotopic (exact) mass is 421 g/mol. The Kier molecular flexibility index (Phi) is 4.45. The van der Waals surface area contributed by atoms with Crippen molar-refractivity contribution in [2.45, 2.75) is 19.8 Å². The highest BCUT2D eigenvalue weighted by Gasteiger charge is 2.20. The van der Waals surface area contributed by atoms with Crippen molar-refractivity contribution in [3.63, 3.8) is 0 Å². The first-order chi connectivity index (χ1) is 15.8. The number of rotatable bonds is 4. The van der Waals surface area contributed by atoms with E-state index in [4.69, 9.17) is 20.1 Å². The Morgan fingerprint density at radius 2 is 1.59 bits per heavy atom. The van der Waals surface area contributed by atoms with E-state index in [-0.39, 0.29) is 0 Å². The first kappa shape index (κ1) is 18.7. The van der Waals surface area contributed by atoms with Crippen LogP contribution >= 0.6 is 0 Å². The highest BCUT2D eigenvalue weighted by Crippen LogP contribution is 2.31. The van der Waals surface area contributed by atoms with E-state index in [9.17, 15) is 0 Å². The molecule has 1 saturated heterocycles. The smallest absolute Gasteiger partial charge is 0.174 e. The minimum Gasteiger partial charge on any atom is -0.354 e. The molecule has 0 aliphatic carbocycles. The molecule has 1 N–H and O–H groups in total. The molecule has 158 valence electrons. The second kappa shape index (κ2) is 7.60. The van der Waals surface area contributed by atoms with Gasteiger partial charge in [-0.15, -0.1) is 0 Å². The van der Waals surface area contributed by atoms with Gasteiger partial charge in [0.1, 0.15) is 0 Å². The third-order valence-corrected chi connectivity index (χ3v) is 5.93. The van der Waals surface area contributed by atoms with E-state index in [0.717, 1.165) is 63.9 Å². The zero-order valence-corrected chi connectivity index (χ0v) is 17.9. The van der Waals surface area contributed by atoms with Gasteiger partial charge < -0.3 is 10.2 Å². The first-order valence-corrected chi connectivity index (χ1v) is 11.0. The van der Waals surface area contributed by atoms with Gasteiger partial charge in [0, 0.05) is 18.5 Å². The molecule has 7 heteroatoms. The van der Waals surface area contributed by atoms with Crippen LogP contribution in [0, 0.1) is 6.92 Å². The number of aromatic nitrogens is 5. The van der Waals surface area contributed by atoms with Gasteiger partial charge >= 0.3 is 0 Å². The fourth-order valence-electron chi connectivity index (χ4n) is 4.32. The van der Waals surface area contributed by atoms with E-state index < -0.39 is 0 Å². The van der Waals surface area contributed by atoms with Crippen molar-refractivity contribution >= 4 is 39.4 Å². The number of anilines is 3. The summed E-state index contributed by atoms with van der Waals surface area (Å²) in [6, 6.07) is 20.2. The molecule has 0 bridgehead atoms. The van der Waals surface area contributed by atoms with Gasteiger partial charge in [-0.3, -0.25) is 0 Å². The summed E-state index contributed by atoms with van der Waals surface area (Å²) in [4.78, 5) is 16.9. The molecule has 0 unspecified atom stereocenters. The summed E-state index contributed by atoms with van der Waals surface area (Å²) < 4.78 is 1.89. The average Bonchev–Trinajstić information content (AvgIpc) is 3.48. The number of fused-ring (bicyclic) bond motifs is 2. The predicted molar refractivity (Wildman–Crippen MR) is 128 cm³/mol. The minimum atomic E-state index is 0.764. The third kappa shape index (κ3) is 3.22. The quantitative estimate of drug-likeness (QED) is 0.440. The van der Waals surface area contributed by atoms with Crippen molar-refractivity contribution in [1.82, 2.24) is 24.7 Å². The Hall–Kier alpha value is -4.00. The second-order valence-corrected chi connectivity index (χ2v) is 8.13. The number of hydrogen-bond acceptors (Lipinski definition) is 6. The predicted octanol–water partition coefficient (Wildman–Crippen LogP) is 5.02. The lowest BCUT2D eigenvalue weighted by Gasteiger charge is -2.20. The van der Waals surface area contributed by atoms with Gasteiger partial charge in [0.05, 0.1) is 34.3 Å². The number of hydrogen-bond donors (Lipinski definition) is 1. The van der Waals surface area contributed by atoms with Gasteiger partial charge in [0.2, 0.25) is 0 Å². The summed E-state index contributed by atoms with van der Waals surface area (Å²) >= 11 is 0. The molecule has 4 heterocycles. The molecule has 2 aromatic carbocycles. The Labute approximate surface area is 185 Å². The van der Waals surface area contributed by atoms with Crippen molar-refractivity contribution in [2.24, 2.45) is 0 Å². The van der Waals surface area contributed by atoms with Crippen molar-refractivity contribution in [1.29, 1.82) is 0 Å². The van der Waals surface area contributed by atoms with Crippen LogP contribution < -0.4 is 10.2 Å². The summed E-state index contributed by atoms with van der Waals surface area (Å²) in [6.45, 7) is 4.02. The summed E-state index contributed by atoms with van der Waals surface area (Å²) in [5, 5.41) is 9.22. The topological polar surface area (TPSA) is 71.8 Å². The molecule has 1 fully saturated rings. The fraction of sp³-hybridized carbons (Fsp3) is 0.200. The number of aryl methyl sites for hydroxylation is 1. The van der Waals surface area contributed by atoms with Crippen LogP contribution in [0.25, 0.3) is 27.8 Å². The van der Waals surface area contributed by atoms with E-state index in [2.05, 4.69) is 16.3 Å². The standard InChI is InChI=1S/C25H23N7/c1-17-20-15-18(16-26-24(20)32(30-17)19-9-3-2-4-10-19)27-23-25(31-13-7-8-14-31)29-22-12-6-5-11-21(22)28-23/h2-6,9-12,15-16H,7-8,13-14H2,1H3,(H,27,28). The summed E-state index contributed by atoms with van der Waals surface area (Å²) in [7, 11) is 0. The van der Waals surface area contributed by atoms with E-state index in [0.29, 0.717) is 0 Å². The minimum absolute atomic E-state index is 0.764. The molecule has 6 rings (SSSR count). The van der Waals surface area contributed by atoms with Crippen LogP contribution in [0.1, 0.15) is 18.5 Å². The Morgan fingerprint density at radius 1 is 0.875 bits per heavy atom. The van der Waals surface area contributed by atoms with Crippen LogP contribution in [0.15, 0.2) is 66.9 Å². The zero-order chi connectivity index (χ0) is 21.5. The molecule has 0 atom stereocenters. The summed E-state index contributed by atoms with van der Waals surface area (Å²) in [5.74, 6) is 1.66. The van der Waals surface area contributed by atoms with Gasteiger partial charge in [-0.1, -0.05) is 30.3 Å². The maximum atomic E-state index is 4.94. The Morgan fingerprint density at radius 3 is 2.38 bits per heavy atom. The number of pyridine rings is 1. The van der Waals surface area contributed by atoms with E-state index in [1.54, 1.807) is 0 Å². The lowest BCUT2D eigenvalue weighted by atomic mass is 10.2. The molecule has 0 amide bonds. The van der Waals surface area contributed by atoms with Crippen LogP contribution in [-0.4, -0.2) is 37.8 Å². The van der Waals surface area contributed by atoms with Crippen molar-refractivity contribution in [3.05, 3.63) is 72.6 Å². The Balaban J connectivity index is 1.42. The maximum absolute atomic E-state index is 4.94. The van der Waals surface area contributed by atoms with Crippen molar-refractivity contribution in [2.75, 3.05) is 23.3 Å². The number of para-hydroxylation sites is 3. The molecule has 0 saturated carbocycles. The largest absolute Gasteiger partial charge is 0.354 e. The lowest BCUT2D eigenvalue weighted by Crippen LogP contribution is -2.21. The normalized spacial score (nSPS) is 13.8. The van der Waals surface area contributed by atoms with Crippen LogP contribution in [0.5, 0.6) is 0 Å². The molecular weight excluding hydrogens is 398 g/mol. The molecule has 1 aliphatic rings. The Bertz CT molecular complexity index is 1420. The van der Waals surface area contributed by atoms with Crippen LogP contribution in [0.2, 0.25) is 0 Å². The molecule has 0 spiro atoms. The lowest BCUT2D eigenvalue weighted by molar-refractivity contribution is 0.878. The summed E-state index contributed by atoms with van der Waals surface area (Å²) in [6.07, 6.45) is 4.20. The van der Waals surface area contributed by atoms with Gasteiger partial charge in [-0.25, -0.2) is 19.6 Å². The van der Waals surface area contributed by atoms with Crippen LogP contribution in [-0.2, 0) is 0 Å². The maximum Gasteiger partial charge on any atom is 0.174 e. The third-order valence-electron chi connectivity index (χ3n) is 5.93. The molecule has 32 heavy (non-hydrogen) atoms. The molecule has 1 aliphatic heterocycles. The molecular formula is C25H23N7. The number of benzene rings is 2. The van der Waals surface area contributed by atoms with E-state index >= 15 is 0 Å². The van der Waals surface area contributed by atoms with Crippen molar-refractivity contribution < 1.29 is 0 Å². The summed E-state index contributed by atoms with van der Waals surface area (Å²) in [5.41, 5.74) is 5.43. The first-order valence-electron chi connectivity index (χ1n) is 11.0. The van der Waals surface area contributed by atoms with Crippen LogP contribution in [0.4, 0.5) is 17.3 Å². The van der Waals surface area contributed by atoms with E-state index in [1.807, 2.05) is 72.4 Å². The van der Waals surface area contributed by atoms with Gasteiger partial charge in [0.25, 0.3) is 0 Å². The number of nitrogens with zero attached hydrogens (tertiary/aromatic N) is 6. The second-order valence-electron chi connectivity index (χ2n) is 8.13. The van der Waals surface area contributed by atoms with Gasteiger partial charge in [-0.05, 0) is 50.1 Å². The van der Waals surface area contributed by atoms with E-state index in [1.165, 1.54) is 12.8 Å². The van der Waals surface area contributed by atoms with Crippen LogP contribution in [0.3, 0.4) is 0 Å². The molecule has 0 radical (unpaired) electrons. The SMILES string of the molecule is Cc1nn(-c2ccccc2)c2ncc(Nc3nc4ccccc4nc3N3CCCC3)cc12. The fourth-order valence-corrected chi connectivity index (χ4v) is 4.32. The molecule has 7 nitrogen and oxygen atoms in total. The number of nitrogens with one attached hydrogen (secondary N) is 1. The molecule has 3 aromatic heterocycles. The molecule has 5 aromatic rings. The average molecular weight is 422 g/mol. The highest BCUT2D eigenvalue weighted by atomic mass is 15.3. The van der Waals surface area contributed by atoms with Gasteiger partial charge in [0.15, 0.2) is 17.3 Å². The van der Waals surface area contributed by atoms with Gasteiger partial charge in [-0.2, -0.15) is 5.10 Å². The van der Waals surface area contributed by atoms with Crippen molar-refractivity contribution in [3.8, 4) is 5.69 Å². The highest BCUT2D eigenvalue weighted by molar-refractivity contribution is 5.86. The zero-order valence-electron chi connectivity index (χ0n) is 17.9.